The Morgan fingerprint density at radius 3 is 2.62 bits per heavy atom. The van der Waals surface area contributed by atoms with Crippen molar-refractivity contribution < 1.29 is 4.79 Å². The highest BCUT2D eigenvalue weighted by Crippen LogP contribution is 2.23. The maximum absolute atomic E-state index is 11.9. The molecule has 1 nitrogen and oxygen atoms in total. The lowest BCUT2D eigenvalue weighted by atomic mass is 10.1. The first-order chi connectivity index (χ1) is 7.65. The molecule has 82 valence electrons. The van der Waals surface area contributed by atoms with Gasteiger partial charge in [0.25, 0.3) is 0 Å². The van der Waals surface area contributed by atoms with Gasteiger partial charge in [-0.2, -0.15) is 0 Å². The molecule has 4 heteroatoms. The van der Waals surface area contributed by atoms with Gasteiger partial charge in [-0.3, -0.25) is 4.79 Å². The monoisotopic (exact) mass is 358 g/mol. The molecule has 0 N–H and O–H groups in total. The van der Waals surface area contributed by atoms with E-state index < -0.39 is 0 Å². The van der Waals surface area contributed by atoms with Gasteiger partial charge in [-0.15, -0.1) is 11.3 Å². The highest BCUT2D eigenvalue weighted by molar-refractivity contribution is 9.11. The van der Waals surface area contributed by atoms with Gasteiger partial charge in [-0.1, -0.05) is 28.1 Å². The fraction of sp³-hybridized carbons (Fsp3) is 0.0833. The Bertz CT molecular complexity index is 519. The third kappa shape index (κ3) is 3.03. The summed E-state index contributed by atoms with van der Waals surface area (Å²) in [5.74, 6) is 0.149. The first kappa shape index (κ1) is 12.0. The van der Waals surface area contributed by atoms with Gasteiger partial charge >= 0.3 is 0 Å². The highest BCUT2D eigenvalue weighted by atomic mass is 79.9. The van der Waals surface area contributed by atoms with Crippen LogP contribution in [0.25, 0.3) is 0 Å². The van der Waals surface area contributed by atoms with Crippen LogP contribution in [0.5, 0.6) is 0 Å². The predicted octanol–water partition coefficient (Wildman–Crippen LogP) is 4.70. The van der Waals surface area contributed by atoms with Crippen molar-refractivity contribution >= 4 is 49.0 Å². The molecule has 0 spiro atoms. The summed E-state index contributed by atoms with van der Waals surface area (Å²) in [4.78, 5) is 13.0. The number of hydrogen-bond acceptors (Lipinski definition) is 2. The smallest absolute Gasteiger partial charge is 0.168 e. The van der Waals surface area contributed by atoms with Crippen LogP contribution in [0.1, 0.15) is 15.2 Å². The number of rotatable bonds is 3. The Hall–Kier alpha value is -0.450. The zero-order chi connectivity index (χ0) is 11.5. The first-order valence-corrected chi connectivity index (χ1v) is 7.08. The number of Topliss-reactive ketones (excluding diaryl/α,β-unsaturated/α-hetero) is 1. The topological polar surface area (TPSA) is 17.1 Å². The molecule has 0 saturated heterocycles. The standard InChI is InChI=1S/C12H8Br2OS/c13-9-3-1-2-8(6-9)11(15)7-10-4-5-12(14)16-10/h1-6H,7H2. The molecule has 2 rings (SSSR count). The molecule has 1 aromatic heterocycles. The zero-order valence-electron chi connectivity index (χ0n) is 8.24. The number of ketones is 1. The Kier molecular flexibility index (Phi) is 3.95. The number of carbonyl (C=O) groups excluding carboxylic acids is 1. The Morgan fingerprint density at radius 2 is 2.00 bits per heavy atom. The van der Waals surface area contributed by atoms with Crippen LogP contribution >= 0.6 is 43.2 Å². The molecule has 0 aliphatic heterocycles. The van der Waals surface area contributed by atoms with Crippen molar-refractivity contribution in [1.29, 1.82) is 0 Å². The van der Waals surface area contributed by atoms with Gasteiger partial charge in [-0.25, -0.2) is 0 Å². The minimum absolute atomic E-state index is 0.149. The quantitative estimate of drug-likeness (QED) is 0.726. The minimum atomic E-state index is 0.149. The number of benzene rings is 1. The number of thiophene rings is 1. The molecule has 0 fully saturated rings. The van der Waals surface area contributed by atoms with Gasteiger partial charge in [0, 0.05) is 21.3 Å². The fourth-order valence-electron chi connectivity index (χ4n) is 1.37. The number of carbonyl (C=O) groups is 1. The van der Waals surface area contributed by atoms with Crippen molar-refractivity contribution in [3.05, 3.63) is 55.1 Å². The molecule has 0 radical (unpaired) electrons. The average molecular weight is 360 g/mol. The number of hydrogen-bond donors (Lipinski definition) is 0. The predicted molar refractivity (Wildman–Crippen MR) is 74.2 cm³/mol. The highest BCUT2D eigenvalue weighted by Gasteiger charge is 2.08. The van der Waals surface area contributed by atoms with Crippen molar-refractivity contribution in [2.75, 3.05) is 0 Å². The first-order valence-electron chi connectivity index (χ1n) is 4.68. The molecule has 0 saturated carbocycles. The lowest BCUT2D eigenvalue weighted by Crippen LogP contribution is -2.01. The van der Waals surface area contributed by atoms with Gasteiger partial charge in [-0.05, 0) is 40.2 Å². The molecule has 1 aromatic carbocycles. The van der Waals surface area contributed by atoms with E-state index in [1.54, 1.807) is 11.3 Å². The second-order valence-electron chi connectivity index (χ2n) is 3.32. The number of halogens is 2. The van der Waals surface area contributed by atoms with Crippen LogP contribution in [0, 0.1) is 0 Å². The molecular formula is C12H8Br2OS. The summed E-state index contributed by atoms with van der Waals surface area (Å²) in [5, 5.41) is 0. The molecule has 0 aliphatic carbocycles. The third-order valence-electron chi connectivity index (χ3n) is 2.11. The van der Waals surface area contributed by atoms with Crippen LogP contribution in [0.15, 0.2) is 44.7 Å². The normalized spacial score (nSPS) is 10.4. The van der Waals surface area contributed by atoms with Crippen molar-refractivity contribution in [3.63, 3.8) is 0 Å². The van der Waals surface area contributed by atoms with Crippen molar-refractivity contribution in [3.8, 4) is 0 Å². The lowest BCUT2D eigenvalue weighted by molar-refractivity contribution is 0.0994. The van der Waals surface area contributed by atoms with Crippen LogP contribution in [-0.4, -0.2) is 5.78 Å². The van der Waals surface area contributed by atoms with E-state index in [0.29, 0.717) is 6.42 Å². The van der Waals surface area contributed by atoms with Crippen molar-refractivity contribution in [2.24, 2.45) is 0 Å². The molecular weight excluding hydrogens is 352 g/mol. The maximum atomic E-state index is 11.9. The van der Waals surface area contributed by atoms with Gasteiger partial charge in [0.05, 0.1) is 3.79 Å². The summed E-state index contributed by atoms with van der Waals surface area (Å²) < 4.78 is 2.00. The van der Waals surface area contributed by atoms with E-state index >= 15 is 0 Å². The van der Waals surface area contributed by atoms with Crippen LogP contribution in [0.2, 0.25) is 0 Å². The molecule has 0 amide bonds. The minimum Gasteiger partial charge on any atom is -0.294 e. The van der Waals surface area contributed by atoms with E-state index in [0.717, 1.165) is 18.7 Å². The van der Waals surface area contributed by atoms with Crippen LogP contribution < -0.4 is 0 Å². The van der Waals surface area contributed by atoms with E-state index in [1.165, 1.54) is 0 Å². The van der Waals surface area contributed by atoms with E-state index in [-0.39, 0.29) is 5.78 Å². The lowest BCUT2D eigenvalue weighted by Gasteiger charge is -1.99. The SMILES string of the molecule is O=C(Cc1ccc(Br)s1)c1cccc(Br)c1. The summed E-state index contributed by atoms with van der Waals surface area (Å²) in [6.45, 7) is 0. The van der Waals surface area contributed by atoms with Gasteiger partial charge in [0.15, 0.2) is 5.78 Å². The summed E-state index contributed by atoms with van der Waals surface area (Å²) in [6.07, 6.45) is 0.465. The summed E-state index contributed by atoms with van der Waals surface area (Å²) in [5.41, 5.74) is 0.749. The van der Waals surface area contributed by atoms with Crippen molar-refractivity contribution in [1.82, 2.24) is 0 Å². The third-order valence-corrected chi connectivity index (χ3v) is 4.23. The Morgan fingerprint density at radius 1 is 1.19 bits per heavy atom. The summed E-state index contributed by atoms with van der Waals surface area (Å²) in [6, 6.07) is 11.4. The van der Waals surface area contributed by atoms with Gasteiger partial charge in [0.2, 0.25) is 0 Å². The maximum Gasteiger partial charge on any atom is 0.168 e. The molecule has 1 heterocycles. The van der Waals surface area contributed by atoms with Crippen LogP contribution in [0.4, 0.5) is 0 Å². The van der Waals surface area contributed by atoms with Gasteiger partial charge < -0.3 is 0 Å². The zero-order valence-corrected chi connectivity index (χ0v) is 12.2. The van der Waals surface area contributed by atoms with E-state index in [1.807, 2.05) is 36.4 Å². The largest absolute Gasteiger partial charge is 0.294 e. The van der Waals surface area contributed by atoms with Crippen LogP contribution in [-0.2, 0) is 6.42 Å². The van der Waals surface area contributed by atoms with E-state index in [9.17, 15) is 4.79 Å². The summed E-state index contributed by atoms with van der Waals surface area (Å²) in [7, 11) is 0. The molecule has 16 heavy (non-hydrogen) atoms. The summed E-state index contributed by atoms with van der Waals surface area (Å²) >= 11 is 8.35. The fourth-order valence-corrected chi connectivity index (χ4v) is 3.25. The second-order valence-corrected chi connectivity index (χ2v) is 6.78. The van der Waals surface area contributed by atoms with E-state index in [4.69, 9.17) is 0 Å². The molecule has 0 unspecified atom stereocenters. The van der Waals surface area contributed by atoms with Crippen molar-refractivity contribution in [2.45, 2.75) is 6.42 Å². The molecule has 0 atom stereocenters. The second kappa shape index (κ2) is 5.25. The van der Waals surface area contributed by atoms with Gasteiger partial charge in [0.1, 0.15) is 0 Å². The van der Waals surface area contributed by atoms with E-state index in [2.05, 4.69) is 31.9 Å². The Balaban J connectivity index is 2.14. The molecule has 0 aliphatic rings. The molecule has 0 bridgehead atoms. The van der Waals surface area contributed by atoms with Crippen LogP contribution in [0.3, 0.4) is 0 Å². The average Bonchev–Trinajstić information content (AvgIpc) is 2.64. The Labute approximate surface area is 115 Å². The molecule has 2 aromatic rings.